The van der Waals surface area contributed by atoms with E-state index in [0.29, 0.717) is 40.8 Å². The molecule has 1 fully saturated rings. The number of likely N-dealkylation sites (tertiary alicyclic amines) is 1. The molecule has 0 bridgehead atoms. The number of benzene rings is 1. The van der Waals surface area contributed by atoms with E-state index >= 15 is 0 Å². The van der Waals surface area contributed by atoms with Gasteiger partial charge in [0.05, 0.1) is 34.5 Å². The Balaban J connectivity index is 1.82. The minimum Gasteiger partial charge on any atom is -0.393 e. The quantitative estimate of drug-likeness (QED) is 0.596. The van der Waals surface area contributed by atoms with Gasteiger partial charge in [0.25, 0.3) is 0 Å². The van der Waals surface area contributed by atoms with Gasteiger partial charge >= 0.3 is 0 Å². The predicted molar refractivity (Wildman–Crippen MR) is 120 cm³/mol. The number of sulfonamides is 1. The van der Waals surface area contributed by atoms with Crippen LogP contribution in [0.15, 0.2) is 36.5 Å². The van der Waals surface area contributed by atoms with Crippen LogP contribution in [0, 0.1) is 0 Å². The van der Waals surface area contributed by atoms with Crippen LogP contribution in [0.3, 0.4) is 0 Å². The van der Waals surface area contributed by atoms with Crippen molar-refractivity contribution in [1.82, 2.24) is 14.3 Å². The molecule has 160 valence electrons. The number of aliphatic hydroxyl groups is 1. The van der Waals surface area contributed by atoms with Crippen LogP contribution in [0.5, 0.6) is 0 Å². The average molecular weight is 469 g/mol. The Morgan fingerprint density at radius 3 is 2.60 bits per heavy atom. The molecule has 30 heavy (non-hydrogen) atoms. The average Bonchev–Trinajstić information content (AvgIpc) is 3.00. The number of halogens is 2. The summed E-state index contributed by atoms with van der Waals surface area (Å²) in [6.45, 7) is 2.12. The van der Waals surface area contributed by atoms with Gasteiger partial charge in [0.1, 0.15) is 5.65 Å². The zero-order valence-corrected chi connectivity index (χ0v) is 18.7. The van der Waals surface area contributed by atoms with Gasteiger partial charge in [-0.25, -0.2) is 13.4 Å². The molecule has 7 nitrogen and oxygen atoms in total. The van der Waals surface area contributed by atoms with E-state index in [2.05, 4.69) is 9.62 Å². The predicted octanol–water partition coefficient (Wildman–Crippen LogP) is 3.64. The SMILES string of the molecule is CS(=O)(=O)Nc1ccc2nc(-c3ccc(Cl)cc3Cl)c(CN3CCC(O)CC3)n2c1. The summed E-state index contributed by atoms with van der Waals surface area (Å²) in [5.41, 5.74) is 3.50. The minimum atomic E-state index is -3.41. The molecule has 0 saturated carbocycles. The highest BCUT2D eigenvalue weighted by Crippen LogP contribution is 2.34. The van der Waals surface area contributed by atoms with Crippen molar-refractivity contribution in [2.45, 2.75) is 25.5 Å². The number of hydrogen-bond acceptors (Lipinski definition) is 5. The first-order valence-corrected chi connectivity index (χ1v) is 12.2. The standard InChI is InChI=1S/C20H22Cl2N4O3S/c1-30(28,29)24-14-3-5-19-23-20(16-4-2-13(21)10-17(16)22)18(26(19)11-14)12-25-8-6-15(27)7-9-25/h2-5,10-11,15,24,27H,6-9,12H2,1H3. The van der Waals surface area contributed by atoms with E-state index in [-0.39, 0.29) is 6.10 Å². The van der Waals surface area contributed by atoms with E-state index in [0.717, 1.165) is 36.3 Å². The van der Waals surface area contributed by atoms with Gasteiger partial charge in [0.15, 0.2) is 0 Å². The Hall–Kier alpha value is -1.84. The molecule has 0 spiro atoms. The highest BCUT2D eigenvalue weighted by Gasteiger charge is 2.22. The summed E-state index contributed by atoms with van der Waals surface area (Å²) in [4.78, 5) is 7.02. The molecule has 4 rings (SSSR count). The van der Waals surface area contributed by atoms with Gasteiger partial charge in [-0.1, -0.05) is 23.2 Å². The summed E-state index contributed by atoms with van der Waals surface area (Å²) in [6, 6.07) is 8.73. The van der Waals surface area contributed by atoms with Crippen LogP contribution in [0.25, 0.3) is 16.9 Å². The van der Waals surface area contributed by atoms with Crippen LogP contribution in [-0.4, -0.2) is 53.3 Å². The first-order chi connectivity index (χ1) is 14.2. The van der Waals surface area contributed by atoms with E-state index in [9.17, 15) is 13.5 Å². The molecule has 3 heterocycles. The van der Waals surface area contributed by atoms with Crippen LogP contribution in [0.4, 0.5) is 5.69 Å². The normalized spacial score (nSPS) is 16.3. The van der Waals surface area contributed by atoms with E-state index in [1.165, 1.54) is 0 Å². The molecule has 1 aliphatic rings. The number of aromatic nitrogens is 2. The van der Waals surface area contributed by atoms with Crippen molar-refractivity contribution in [3.8, 4) is 11.3 Å². The molecule has 0 unspecified atom stereocenters. The van der Waals surface area contributed by atoms with Gasteiger partial charge in [0.2, 0.25) is 10.0 Å². The molecule has 3 aromatic rings. The number of pyridine rings is 1. The van der Waals surface area contributed by atoms with Crippen molar-refractivity contribution < 1.29 is 13.5 Å². The largest absolute Gasteiger partial charge is 0.393 e. The number of anilines is 1. The Morgan fingerprint density at radius 1 is 1.20 bits per heavy atom. The van der Waals surface area contributed by atoms with Gasteiger partial charge in [-0.05, 0) is 43.2 Å². The molecule has 1 saturated heterocycles. The summed E-state index contributed by atoms with van der Waals surface area (Å²) in [6.07, 6.45) is 4.01. The maximum atomic E-state index is 11.7. The second kappa shape index (κ2) is 8.36. The van der Waals surface area contributed by atoms with E-state index in [1.807, 2.05) is 10.5 Å². The number of nitrogens with zero attached hydrogens (tertiary/aromatic N) is 3. The van der Waals surface area contributed by atoms with Crippen LogP contribution < -0.4 is 4.72 Å². The van der Waals surface area contributed by atoms with E-state index in [4.69, 9.17) is 28.2 Å². The number of rotatable bonds is 5. The highest BCUT2D eigenvalue weighted by atomic mass is 35.5. The third-order valence-corrected chi connectivity index (χ3v) is 6.29. The lowest BCUT2D eigenvalue weighted by atomic mass is 10.1. The number of hydrogen-bond donors (Lipinski definition) is 2. The van der Waals surface area contributed by atoms with Crippen molar-refractivity contribution >= 4 is 44.6 Å². The molecule has 10 heteroatoms. The van der Waals surface area contributed by atoms with E-state index < -0.39 is 10.0 Å². The van der Waals surface area contributed by atoms with Crippen LogP contribution in [0.2, 0.25) is 10.0 Å². The number of imidazole rings is 1. The van der Waals surface area contributed by atoms with Gasteiger partial charge < -0.3 is 5.11 Å². The van der Waals surface area contributed by atoms with Crippen LogP contribution >= 0.6 is 23.2 Å². The maximum absolute atomic E-state index is 11.7. The Bertz CT molecular complexity index is 1190. The van der Waals surface area contributed by atoms with Gasteiger partial charge in [-0.15, -0.1) is 0 Å². The summed E-state index contributed by atoms with van der Waals surface area (Å²) in [7, 11) is -3.41. The summed E-state index contributed by atoms with van der Waals surface area (Å²) >= 11 is 12.5. The lowest BCUT2D eigenvalue weighted by molar-refractivity contribution is 0.0786. The van der Waals surface area contributed by atoms with Crippen molar-refractivity contribution in [3.63, 3.8) is 0 Å². The fourth-order valence-electron chi connectivity index (χ4n) is 3.71. The molecule has 2 N–H and O–H groups in total. The molecule has 0 amide bonds. The number of piperidine rings is 1. The second-order valence-corrected chi connectivity index (χ2v) is 10.2. The Labute approximate surface area is 185 Å². The monoisotopic (exact) mass is 468 g/mol. The van der Waals surface area contributed by atoms with Crippen molar-refractivity contribution in [2.75, 3.05) is 24.1 Å². The molecule has 0 aliphatic carbocycles. The maximum Gasteiger partial charge on any atom is 0.229 e. The number of aliphatic hydroxyl groups excluding tert-OH is 1. The molecular weight excluding hydrogens is 447 g/mol. The summed E-state index contributed by atoms with van der Waals surface area (Å²) < 4.78 is 27.7. The molecule has 0 atom stereocenters. The molecule has 1 aliphatic heterocycles. The minimum absolute atomic E-state index is 0.265. The first kappa shape index (κ1) is 21.4. The van der Waals surface area contributed by atoms with Gasteiger partial charge in [-0.2, -0.15) is 0 Å². The Kier molecular flexibility index (Phi) is 5.96. The third-order valence-electron chi connectivity index (χ3n) is 5.14. The highest BCUT2D eigenvalue weighted by molar-refractivity contribution is 7.92. The van der Waals surface area contributed by atoms with Crippen molar-refractivity contribution in [1.29, 1.82) is 0 Å². The van der Waals surface area contributed by atoms with Crippen molar-refractivity contribution in [2.24, 2.45) is 0 Å². The summed E-state index contributed by atoms with van der Waals surface area (Å²) in [5, 5.41) is 10.9. The fourth-order valence-corrected chi connectivity index (χ4v) is 4.75. The lowest BCUT2D eigenvalue weighted by Crippen LogP contribution is -2.35. The van der Waals surface area contributed by atoms with Crippen molar-refractivity contribution in [3.05, 3.63) is 52.3 Å². The fraction of sp³-hybridized carbons (Fsp3) is 0.350. The molecular formula is C20H22Cl2N4O3S. The topological polar surface area (TPSA) is 86.9 Å². The number of fused-ring (bicyclic) bond motifs is 1. The zero-order chi connectivity index (χ0) is 21.5. The first-order valence-electron chi connectivity index (χ1n) is 9.54. The third kappa shape index (κ3) is 4.73. The molecule has 1 aromatic carbocycles. The number of nitrogens with one attached hydrogen (secondary N) is 1. The molecule has 0 radical (unpaired) electrons. The lowest BCUT2D eigenvalue weighted by Gasteiger charge is -2.29. The smallest absolute Gasteiger partial charge is 0.229 e. The van der Waals surface area contributed by atoms with Crippen LogP contribution in [-0.2, 0) is 16.6 Å². The molecule has 2 aromatic heterocycles. The van der Waals surface area contributed by atoms with Gasteiger partial charge in [0, 0.05) is 36.4 Å². The van der Waals surface area contributed by atoms with Crippen LogP contribution in [0.1, 0.15) is 18.5 Å². The Morgan fingerprint density at radius 2 is 1.93 bits per heavy atom. The van der Waals surface area contributed by atoms with Gasteiger partial charge in [-0.3, -0.25) is 14.0 Å². The van der Waals surface area contributed by atoms with E-state index in [1.54, 1.807) is 30.5 Å². The zero-order valence-electron chi connectivity index (χ0n) is 16.3. The second-order valence-electron chi connectivity index (χ2n) is 7.56. The summed E-state index contributed by atoms with van der Waals surface area (Å²) in [5.74, 6) is 0.